The Morgan fingerprint density at radius 3 is 2.45 bits per heavy atom. The van der Waals surface area contributed by atoms with Gasteiger partial charge in [-0.05, 0) is 87.1 Å². The molecule has 0 bridgehead atoms. The molecule has 2 atom stereocenters. The molecule has 3 rings (SSSR count). The van der Waals surface area contributed by atoms with Crippen LogP contribution in [0.3, 0.4) is 0 Å². The van der Waals surface area contributed by atoms with Gasteiger partial charge in [0.1, 0.15) is 10.8 Å². The van der Waals surface area contributed by atoms with Crippen molar-refractivity contribution in [3.63, 3.8) is 0 Å². The molecule has 0 saturated carbocycles. The van der Waals surface area contributed by atoms with E-state index in [4.69, 9.17) is 21.1 Å². The first-order valence-electron chi connectivity index (χ1n) is 11.5. The summed E-state index contributed by atoms with van der Waals surface area (Å²) in [6.07, 6.45) is 1.98. The molecule has 1 aliphatic carbocycles. The van der Waals surface area contributed by atoms with Gasteiger partial charge in [0.05, 0.1) is 12.2 Å². The van der Waals surface area contributed by atoms with E-state index in [0.29, 0.717) is 27.3 Å². The van der Waals surface area contributed by atoms with Crippen LogP contribution < -0.4 is 10.1 Å². The van der Waals surface area contributed by atoms with Crippen molar-refractivity contribution in [2.24, 2.45) is 11.3 Å². The monoisotopic (exact) mass is 491 g/mol. The Balaban J connectivity index is 1.84. The fourth-order valence-electron chi connectivity index (χ4n) is 4.28. The van der Waals surface area contributed by atoms with E-state index >= 15 is 0 Å². The lowest BCUT2D eigenvalue weighted by Gasteiger charge is -2.33. The fourth-order valence-corrected chi connectivity index (χ4v) is 5.71. The van der Waals surface area contributed by atoms with Crippen LogP contribution in [0, 0.1) is 25.2 Å². The van der Waals surface area contributed by atoms with Crippen molar-refractivity contribution in [3.8, 4) is 5.75 Å². The molecule has 33 heavy (non-hydrogen) atoms. The summed E-state index contributed by atoms with van der Waals surface area (Å²) in [6.45, 7) is 14.3. The van der Waals surface area contributed by atoms with Crippen LogP contribution in [0.2, 0.25) is 5.02 Å². The lowest BCUT2D eigenvalue weighted by Crippen LogP contribution is -2.30. The summed E-state index contributed by atoms with van der Waals surface area (Å²) in [6, 6.07) is 3.64. The van der Waals surface area contributed by atoms with Gasteiger partial charge in [-0.25, -0.2) is 4.79 Å². The van der Waals surface area contributed by atoms with Gasteiger partial charge in [-0.15, -0.1) is 11.3 Å². The van der Waals surface area contributed by atoms with Crippen molar-refractivity contribution in [3.05, 3.63) is 44.3 Å². The minimum atomic E-state index is -0.749. The number of halogens is 1. The summed E-state index contributed by atoms with van der Waals surface area (Å²) in [7, 11) is 0. The number of hydrogen-bond donors (Lipinski definition) is 1. The highest BCUT2D eigenvalue weighted by Crippen LogP contribution is 2.44. The summed E-state index contributed by atoms with van der Waals surface area (Å²) < 4.78 is 11.2. The average molecular weight is 492 g/mol. The number of anilines is 1. The van der Waals surface area contributed by atoms with Crippen LogP contribution in [0.5, 0.6) is 5.75 Å². The molecule has 1 aliphatic rings. The summed E-state index contributed by atoms with van der Waals surface area (Å²) >= 11 is 7.73. The van der Waals surface area contributed by atoms with Crippen molar-refractivity contribution in [2.45, 2.75) is 73.8 Å². The number of esters is 1. The zero-order chi connectivity index (χ0) is 24.5. The molecular formula is C26H34ClNO4S. The Morgan fingerprint density at radius 2 is 1.88 bits per heavy atom. The van der Waals surface area contributed by atoms with Gasteiger partial charge in [-0.3, -0.25) is 4.79 Å². The molecule has 2 unspecified atom stereocenters. The van der Waals surface area contributed by atoms with Gasteiger partial charge >= 0.3 is 5.97 Å². The smallest absolute Gasteiger partial charge is 0.341 e. The van der Waals surface area contributed by atoms with Gasteiger partial charge < -0.3 is 14.8 Å². The van der Waals surface area contributed by atoms with Crippen molar-refractivity contribution < 1.29 is 19.1 Å². The van der Waals surface area contributed by atoms with Gasteiger partial charge in [0.2, 0.25) is 0 Å². The maximum Gasteiger partial charge on any atom is 0.341 e. The van der Waals surface area contributed by atoms with Crippen LogP contribution in [-0.4, -0.2) is 24.6 Å². The molecule has 2 aromatic rings. The van der Waals surface area contributed by atoms with E-state index in [-0.39, 0.29) is 23.9 Å². The first-order valence-corrected chi connectivity index (χ1v) is 12.7. The lowest BCUT2D eigenvalue weighted by atomic mass is 9.72. The second-order valence-electron chi connectivity index (χ2n) is 9.85. The van der Waals surface area contributed by atoms with E-state index in [2.05, 4.69) is 26.1 Å². The molecule has 1 N–H and O–H groups in total. The van der Waals surface area contributed by atoms with Crippen LogP contribution in [0.25, 0.3) is 0 Å². The van der Waals surface area contributed by atoms with Crippen LogP contribution in [0.1, 0.15) is 73.0 Å². The maximum atomic E-state index is 13.0. The molecule has 1 aromatic carbocycles. The number of carbonyl (C=O) groups is 2. The Kier molecular flexibility index (Phi) is 7.80. The van der Waals surface area contributed by atoms with E-state index < -0.39 is 6.10 Å². The predicted molar refractivity (Wildman–Crippen MR) is 135 cm³/mol. The summed E-state index contributed by atoms with van der Waals surface area (Å²) in [5, 5.41) is 4.19. The SMILES string of the molecule is CCOC(=O)c1c(NC(=O)C(C)Oc2cc(C)c(Cl)c(C)c2)sc2c1CCC(C(C)(C)C)C2. The first-order chi connectivity index (χ1) is 15.4. The van der Waals surface area contributed by atoms with Gasteiger partial charge in [0.25, 0.3) is 5.91 Å². The van der Waals surface area contributed by atoms with Gasteiger partial charge in [-0.1, -0.05) is 32.4 Å². The van der Waals surface area contributed by atoms with Gasteiger partial charge in [0.15, 0.2) is 6.10 Å². The number of rotatable bonds is 6. The third-order valence-electron chi connectivity index (χ3n) is 6.30. The van der Waals surface area contributed by atoms with Crippen molar-refractivity contribution in [1.29, 1.82) is 0 Å². The molecule has 0 saturated heterocycles. The number of carbonyl (C=O) groups excluding carboxylic acids is 2. The highest BCUT2D eigenvalue weighted by Gasteiger charge is 2.35. The second kappa shape index (κ2) is 10.1. The molecule has 0 spiro atoms. The third kappa shape index (κ3) is 5.72. The van der Waals surface area contributed by atoms with Crippen LogP contribution >= 0.6 is 22.9 Å². The van der Waals surface area contributed by atoms with Gasteiger partial charge in [0, 0.05) is 9.90 Å². The first kappa shape index (κ1) is 25.6. The molecule has 180 valence electrons. The van der Waals surface area contributed by atoms with E-state index in [0.717, 1.165) is 40.8 Å². The standard InChI is InChI=1S/C26H34ClNO4S/c1-8-31-25(30)21-19-10-9-17(26(5,6)7)13-20(19)33-24(21)28-23(29)16(4)32-18-11-14(2)22(27)15(3)12-18/h11-12,16-17H,8-10,13H2,1-7H3,(H,28,29). The molecule has 1 heterocycles. The van der Waals surface area contributed by atoms with Crippen molar-refractivity contribution >= 4 is 39.8 Å². The summed E-state index contributed by atoms with van der Waals surface area (Å²) in [5.41, 5.74) is 3.49. The molecule has 1 aromatic heterocycles. The molecular weight excluding hydrogens is 458 g/mol. The Hall–Kier alpha value is -2.05. The molecule has 7 heteroatoms. The van der Waals surface area contributed by atoms with Crippen molar-refractivity contribution in [2.75, 3.05) is 11.9 Å². The number of hydrogen-bond acceptors (Lipinski definition) is 5. The second-order valence-corrected chi connectivity index (χ2v) is 11.3. The zero-order valence-corrected chi connectivity index (χ0v) is 22.1. The third-order valence-corrected chi connectivity index (χ3v) is 8.06. The summed E-state index contributed by atoms with van der Waals surface area (Å²) in [5.74, 6) is 0.427. The quantitative estimate of drug-likeness (QED) is 0.454. The number of benzene rings is 1. The highest BCUT2D eigenvalue weighted by atomic mass is 35.5. The molecule has 0 aliphatic heterocycles. The number of amides is 1. The molecule has 5 nitrogen and oxygen atoms in total. The van der Waals surface area contributed by atoms with Crippen molar-refractivity contribution in [1.82, 2.24) is 0 Å². The van der Waals surface area contributed by atoms with Crippen LogP contribution in [0.4, 0.5) is 5.00 Å². The minimum Gasteiger partial charge on any atom is -0.481 e. The molecule has 1 amide bonds. The Bertz CT molecular complexity index is 1030. The lowest BCUT2D eigenvalue weighted by molar-refractivity contribution is -0.122. The van der Waals surface area contributed by atoms with E-state index in [9.17, 15) is 9.59 Å². The maximum absolute atomic E-state index is 13.0. The van der Waals surface area contributed by atoms with Gasteiger partial charge in [-0.2, -0.15) is 0 Å². The summed E-state index contributed by atoms with van der Waals surface area (Å²) in [4.78, 5) is 27.0. The van der Waals surface area contributed by atoms with E-state index in [1.165, 1.54) is 11.3 Å². The predicted octanol–water partition coefficient (Wildman–Crippen LogP) is 6.75. The molecule has 0 fully saturated rings. The van der Waals surface area contributed by atoms with E-state index in [1.807, 2.05) is 26.0 Å². The van der Waals surface area contributed by atoms with Crippen LogP contribution in [0.15, 0.2) is 12.1 Å². The molecule has 0 radical (unpaired) electrons. The largest absolute Gasteiger partial charge is 0.481 e. The Labute approximate surface area is 205 Å². The minimum absolute atomic E-state index is 0.187. The van der Waals surface area contributed by atoms with Crippen LogP contribution in [-0.2, 0) is 22.4 Å². The number of nitrogens with one attached hydrogen (secondary N) is 1. The normalized spacial score (nSPS) is 16.7. The Morgan fingerprint density at radius 1 is 1.24 bits per heavy atom. The number of ether oxygens (including phenoxy) is 2. The average Bonchev–Trinajstić information content (AvgIpc) is 3.08. The van der Waals surface area contributed by atoms with E-state index in [1.54, 1.807) is 13.8 Å². The zero-order valence-electron chi connectivity index (χ0n) is 20.6. The fraction of sp³-hybridized carbons (Fsp3) is 0.538. The topological polar surface area (TPSA) is 64.6 Å². The number of aryl methyl sites for hydroxylation is 2. The highest BCUT2D eigenvalue weighted by molar-refractivity contribution is 7.17. The number of thiophene rings is 1. The number of fused-ring (bicyclic) bond motifs is 1.